The summed E-state index contributed by atoms with van der Waals surface area (Å²) in [7, 11) is 0.0405. The summed E-state index contributed by atoms with van der Waals surface area (Å²) in [5.74, 6) is 0. The summed E-state index contributed by atoms with van der Waals surface area (Å²) >= 11 is 0. The average molecular weight is 229 g/mol. The molecular weight excluding hydrogens is 218 g/mol. The van der Waals surface area contributed by atoms with Gasteiger partial charge in [-0.05, 0) is 12.1 Å². The van der Waals surface area contributed by atoms with Crippen LogP contribution in [0, 0.1) is 14.9 Å². The molecule has 6 nitrogen and oxygen atoms in total. The standard InChI is InChI=1S/C8H11N3O3S/c1-10(2)15(9,14)8-5-3-7(4-6-8)11(12)13/h3-6,9H,1-2H3/t15-/m0/s1. The minimum Gasteiger partial charge on any atom is -0.258 e. The van der Waals surface area contributed by atoms with Crippen molar-refractivity contribution in [1.29, 1.82) is 4.78 Å². The summed E-state index contributed by atoms with van der Waals surface area (Å²) in [6.45, 7) is 0. The molecule has 0 radical (unpaired) electrons. The number of non-ortho nitro benzene ring substituents is 1. The Labute approximate surface area is 87.8 Å². The van der Waals surface area contributed by atoms with Gasteiger partial charge in [-0.1, -0.05) is 0 Å². The number of hydrogen-bond donors (Lipinski definition) is 1. The second kappa shape index (κ2) is 3.95. The number of nitro benzene ring substituents is 1. The first-order chi connectivity index (χ1) is 6.85. The van der Waals surface area contributed by atoms with Crippen LogP contribution in [0.25, 0.3) is 0 Å². The van der Waals surface area contributed by atoms with Crippen LogP contribution < -0.4 is 0 Å². The largest absolute Gasteiger partial charge is 0.269 e. The summed E-state index contributed by atoms with van der Waals surface area (Å²) in [4.78, 5) is 10.1. The van der Waals surface area contributed by atoms with Gasteiger partial charge < -0.3 is 0 Å². The third-order valence-corrected chi connectivity index (χ3v) is 3.82. The van der Waals surface area contributed by atoms with Crippen LogP contribution in [-0.4, -0.2) is 27.5 Å². The van der Waals surface area contributed by atoms with Crippen LogP contribution in [-0.2, 0) is 9.92 Å². The Kier molecular flexibility index (Phi) is 3.06. The van der Waals surface area contributed by atoms with Gasteiger partial charge in [-0.25, -0.2) is 13.3 Å². The quantitative estimate of drug-likeness (QED) is 0.629. The zero-order valence-electron chi connectivity index (χ0n) is 8.34. The minimum atomic E-state index is -3.01. The van der Waals surface area contributed by atoms with E-state index < -0.39 is 14.8 Å². The Balaban J connectivity index is 3.15. The van der Waals surface area contributed by atoms with Crippen LogP contribution in [0.5, 0.6) is 0 Å². The van der Waals surface area contributed by atoms with E-state index in [2.05, 4.69) is 0 Å². The first-order valence-corrected chi connectivity index (χ1v) is 5.58. The molecule has 0 bridgehead atoms. The molecule has 0 heterocycles. The van der Waals surface area contributed by atoms with E-state index >= 15 is 0 Å². The van der Waals surface area contributed by atoms with E-state index in [0.717, 1.165) is 0 Å². The van der Waals surface area contributed by atoms with Gasteiger partial charge in [0.05, 0.1) is 9.82 Å². The molecule has 0 aliphatic rings. The molecule has 0 saturated heterocycles. The molecule has 0 spiro atoms. The third-order valence-electron chi connectivity index (χ3n) is 1.88. The van der Waals surface area contributed by atoms with E-state index in [4.69, 9.17) is 4.78 Å². The molecule has 0 fully saturated rings. The van der Waals surface area contributed by atoms with Gasteiger partial charge >= 0.3 is 0 Å². The fourth-order valence-corrected chi connectivity index (χ4v) is 1.89. The minimum absolute atomic E-state index is 0.0762. The fourth-order valence-electron chi connectivity index (χ4n) is 0.963. The van der Waals surface area contributed by atoms with Gasteiger partial charge in [-0.15, -0.1) is 0 Å². The van der Waals surface area contributed by atoms with Crippen molar-refractivity contribution in [3.05, 3.63) is 34.4 Å². The molecule has 1 atom stereocenters. The van der Waals surface area contributed by atoms with Crippen molar-refractivity contribution in [1.82, 2.24) is 4.31 Å². The van der Waals surface area contributed by atoms with Crippen molar-refractivity contribution >= 4 is 15.6 Å². The lowest BCUT2D eigenvalue weighted by molar-refractivity contribution is -0.384. The van der Waals surface area contributed by atoms with Crippen molar-refractivity contribution in [2.45, 2.75) is 4.90 Å². The van der Waals surface area contributed by atoms with Gasteiger partial charge in [-0.2, -0.15) is 0 Å². The molecule has 1 rings (SSSR count). The van der Waals surface area contributed by atoms with Crippen LogP contribution in [0.2, 0.25) is 0 Å². The zero-order valence-corrected chi connectivity index (χ0v) is 9.15. The van der Waals surface area contributed by atoms with E-state index in [1.54, 1.807) is 0 Å². The summed E-state index contributed by atoms with van der Waals surface area (Å²) in [5, 5.41) is 10.4. The second-order valence-corrected chi connectivity index (χ2v) is 5.34. The van der Waals surface area contributed by atoms with Crippen LogP contribution >= 0.6 is 0 Å². The first-order valence-electron chi connectivity index (χ1n) is 4.06. The van der Waals surface area contributed by atoms with Crippen molar-refractivity contribution < 1.29 is 9.13 Å². The Morgan fingerprint density at radius 3 is 2.13 bits per heavy atom. The third kappa shape index (κ3) is 2.31. The molecule has 0 unspecified atom stereocenters. The molecule has 0 amide bonds. The van der Waals surface area contributed by atoms with Crippen molar-refractivity contribution in [3.63, 3.8) is 0 Å². The highest BCUT2D eigenvalue weighted by molar-refractivity contribution is 7.90. The van der Waals surface area contributed by atoms with Crippen molar-refractivity contribution in [2.24, 2.45) is 0 Å². The predicted molar refractivity (Wildman–Crippen MR) is 55.9 cm³/mol. The lowest BCUT2D eigenvalue weighted by Gasteiger charge is -2.14. The highest BCUT2D eigenvalue weighted by atomic mass is 32.2. The van der Waals surface area contributed by atoms with E-state index in [1.165, 1.54) is 42.7 Å². The van der Waals surface area contributed by atoms with Gasteiger partial charge in [0.15, 0.2) is 0 Å². The van der Waals surface area contributed by atoms with Crippen LogP contribution in [0.1, 0.15) is 0 Å². The molecule has 0 aromatic heterocycles. The molecule has 0 aliphatic heterocycles. The molecule has 1 N–H and O–H groups in total. The zero-order chi connectivity index (χ0) is 11.6. The van der Waals surface area contributed by atoms with Gasteiger partial charge in [0.2, 0.25) is 0 Å². The highest BCUT2D eigenvalue weighted by Gasteiger charge is 2.14. The number of nitro groups is 1. The van der Waals surface area contributed by atoms with Crippen molar-refractivity contribution in [3.8, 4) is 0 Å². The number of hydrogen-bond acceptors (Lipinski definition) is 4. The van der Waals surface area contributed by atoms with Gasteiger partial charge in [-0.3, -0.25) is 10.1 Å². The SMILES string of the molecule is CN(C)[S@](=N)(=O)c1ccc([N+](=O)[O-])cc1. The number of rotatable bonds is 3. The lowest BCUT2D eigenvalue weighted by Crippen LogP contribution is -2.20. The van der Waals surface area contributed by atoms with Crippen molar-refractivity contribution in [2.75, 3.05) is 14.1 Å². The molecule has 1 aromatic carbocycles. The lowest BCUT2D eigenvalue weighted by atomic mass is 10.3. The molecule has 0 saturated carbocycles. The van der Waals surface area contributed by atoms with Gasteiger partial charge in [0.1, 0.15) is 9.92 Å². The molecular formula is C8H11N3O3S. The van der Waals surface area contributed by atoms with Crippen LogP contribution in [0.15, 0.2) is 29.2 Å². The highest BCUT2D eigenvalue weighted by Crippen LogP contribution is 2.18. The summed E-state index contributed by atoms with van der Waals surface area (Å²) < 4.78 is 20.6. The van der Waals surface area contributed by atoms with Crippen LogP contribution in [0.4, 0.5) is 5.69 Å². The maximum atomic E-state index is 11.8. The average Bonchev–Trinajstić information content (AvgIpc) is 2.17. The monoisotopic (exact) mass is 229 g/mol. The summed E-state index contributed by atoms with van der Waals surface area (Å²) in [5.41, 5.74) is -0.0762. The van der Waals surface area contributed by atoms with Gasteiger partial charge in [0, 0.05) is 26.2 Å². The Hall–Kier alpha value is -1.47. The maximum Gasteiger partial charge on any atom is 0.269 e. The molecule has 82 valence electrons. The topological polar surface area (TPSA) is 87.3 Å². The molecule has 7 heteroatoms. The number of benzene rings is 1. The Morgan fingerprint density at radius 2 is 1.80 bits per heavy atom. The molecule has 15 heavy (non-hydrogen) atoms. The smallest absolute Gasteiger partial charge is 0.258 e. The normalized spacial score (nSPS) is 14.9. The molecule has 0 aliphatic carbocycles. The molecule has 1 aromatic rings. The number of nitrogens with one attached hydrogen (secondary N) is 1. The first kappa shape index (κ1) is 11.6. The Bertz CT molecular complexity index is 464. The summed E-state index contributed by atoms with van der Waals surface area (Å²) in [6, 6.07) is 5.17. The fraction of sp³-hybridized carbons (Fsp3) is 0.250. The van der Waals surface area contributed by atoms with Gasteiger partial charge in [0.25, 0.3) is 5.69 Å². The van der Waals surface area contributed by atoms with E-state index in [9.17, 15) is 14.3 Å². The summed E-state index contributed by atoms with van der Waals surface area (Å²) in [6.07, 6.45) is 0. The van der Waals surface area contributed by atoms with E-state index in [1.807, 2.05) is 0 Å². The van der Waals surface area contributed by atoms with Crippen LogP contribution in [0.3, 0.4) is 0 Å². The predicted octanol–water partition coefficient (Wildman–Crippen LogP) is 1.48. The Morgan fingerprint density at radius 1 is 1.33 bits per heavy atom. The maximum absolute atomic E-state index is 11.8. The second-order valence-electron chi connectivity index (χ2n) is 3.09. The van der Waals surface area contributed by atoms with E-state index in [-0.39, 0.29) is 10.6 Å². The number of nitrogens with zero attached hydrogens (tertiary/aromatic N) is 2. The van der Waals surface area contributed by atoms with E-state index in [0.29, 0.717) is 0 Å².